The Hall–Kier alpha value is -1.00. The number of carbonyl (C=O) groups excluding carboxylic acids is 1. The molecule has 86 valence electrons. The highest BCUT2D eigenvalue weighted by Gasteiger charge is 2.39. The summed E-state index contributed by atoms with van der Waals surface area (Å²) in [5, 5.41) is 2.94. The van der Waals surface area contributed by atoms with Crippen LogP contribution in [0.2, 0.25) is 0 Å². The van der Waals surface area contributed by atoms with Gasteiger partial charge in [-0.05, 0) is 31.5 Å². The second-order valence-corrected chi connectivity index (χ2v) is 5.76. The molecular weight excluding hydrogens is 222 g/mol. The van der Waals surface area contributed by atoms with Gasteiger partial charge in [-0.15, -0.1) is 11.8 Å². The van der Waals surface area contributed by atoms with E-state index in [9.17, 15) is 4.79 Å². The fourth-order valence-corrected chi connectivity index (χ4v) is 2.91. The lowest BCUT2D eigenvalue weighted by Crippen LogP contribution is -2.43. The number of carbonyl (C=O) groups is 1. The topological polar surface area (TPSA) is 38.3 Å². The van der Waals surface area contributed by atoms with Crippen molar-refractivity contribution < 1.29 is 9.53 Å². The first-order chi connectivity index (χ1) is 7.55. The third kappa shape index (κ3) is 1.95. The molecule has 0 aliphatic carbocycles. The Morgan fingerprint density at radius 2 is 2.25 bits per heavy atom. The zero-order chi connectivity index (χ0) is 11.8. The molecule has 0 saturated heterocycles. The highest BCUT2D eigenvalue weighted by molar-refractivity contribution is 8.01. The lowest BCUT2D eigenvalue weighted by Gasteiger charge is -2.32. The van der Waals surface area contributed by atoms with Crippen molar-refractivity contribution in [3.05, 3.63) is 23.8 Å². The number of rotatable bonds is 2. The predicted octanol–water partition coefficient (Wildman–Crippen LogP) is 2.44. The summed E-state index contributed by atoms with van der Waals surface area (Å²) in [4.78, 5) is 13.1. The van der Waals surface area contributed by atoms with Gasteiger partial charge in [-0.25, -0.2) is 0 Å². The summed E-state index contributed by atoms with van der Waals surface area (Å²) >= 11 is 1.56. The van der Waals surface area contributed by atoms with Gasteiger partial charge >= 0.3 is 0 Å². The van der Waals surface area contributed by atoms with Crippen LogP contribution in [0.3, 0.4) is 0 Å². The first-order valence-electron chi connectivity index (χ1n) is 5.15. The van der Waals surface area contributed by atoms with Gasteiger partial charge < -0.3 is 10.1 Å². The minimum absolute atomic E-state index is 0.0115. The van der Waals surface area contributed by atoms with Gasteiger partial charge in [-0.1, -0.05) is 6.07 Å². The van der Waals surface area contributed by atoms with E-state index in [2.05, 4.69) is 11.4 Å². The van der Waals surface area contributed by atoms with Crippen LogP contribution in [0.5, 0.6) is 0 Å². The zero-order valence-electron chi connectivity index (χ0n) is 9.66. The van der Waals surface area contributed by atoms with E-state index in [1.807, 2.05) is 26.0 Å². The molecular formula is C12H15NO2S. The van der Waals surface area contributed by atoms with E-state index in [-0.39, 0.29) is 5.91 Å². The zero-order valence-corrected chi connectivity index (χ0v) is 10.5. The minimum Gasteiger partial charge on any atom is -0.383 e. The monoisotopic (exact) mass is 237 g/mol. The Morgan fingerprint density at radius 3 is 2.94 bits per heavy atom. The van der Waals surface area contributed by atoms with Crippen LogP contribution in [0.4, 0.5) is 5.69 Å². The molecule has 0 bridgehead atoms. The third-order valence-electron chi connectivity index (χ3n) is 2.62. The summed E-state index contributed by atoms with van der Waals surface area (Å²) in [7, 11) is 1.61. The van der Waals surface area contributed by atoms with E-state index < -0.39 is 4.75 Å². The van der Waals surface area contributed by atoms with Crippen molar-refractivity contribution in [1.82, 2.24) is 0 Å². The fourth-order valence-electron chi connectivity index (χ4n) is 1.74. The SMILES string of the molecule is COCC1(C)Sc2ccc(C)cc2NC1=O. The molecule has 1 aliphatic heterocycles. The van der Waals surface area contributed by atoms with Crippen molar-refractivity contribution in [2.45, 2.75) is 23.5 Å². The molecule has 2 rings (SSSR count). The lowest BCUT2D eigenvalue weighted by molar-refractivity contribution is -0.119. The molecule has 1 aromatic rings. The maximum absolute atomic E-state index is 12.0. The van der Waals surface area contributed by atoms with E-state index in [4.69, 9.17) is 4.74 Å². The summed E-state index contributed by atoms with van der Waals surface area (Å²) in [6, 6.07) is 6.09. The van der Waals surface area contributed by atoms with Crippen molar-refractivity contribution >= 4 is 23.4 Å². The molecule has 1 aromatic carbocycles. The molecule has 4 heteroatoms. The number of methoxy groups -OCH3 is 1. The van der Waals surface area contributed by atoms with Gasteiger partial charge in [0.2, 0.25) is 5.91 Å². The number of hydrogen-bond acceptors (Lipinski definition) is 3. The number of fused-ring (bicyclic) bond motifs is 1. The molecule has 1 aliphatic rings. The summed E-state index contributed by atoms with van der Waals surface area (Å²) < 4.78 is 4.58. The molecule has 0 radical (unpaired) electrons. The summed E-state index contributed by atoms with van der Waals surface area (Å²) in [5.74, 6) is 0.0115. The summed E-state index contributed by atoms with van der Waals surface area (Å²) in [5.41, 5.74) is 2.05. The van der Waals surface area contributed by atoms with Crippen LogP contribution in [0.25, 0.3) is 0 Å². The van der Waals surface area contributed by atoms with Crippen LogP contribution in [0.1, 0.15) is 12.5 Å². The smallest absolute Gasteiger partial charge is 0.243 e. The molecule has 1 N–H and O–H groups in total. The lowest BCUT2D eigenvalue weighted by atomic mass is 10.1. The van der Waals surface area contributed by atoms with Gasteiger partial charge in [0.05, 0.1) is 12.3 Å². The van der Waals surface area contributed by atoms with E-state index in [0.717, 1.165) is 16.1 Å². The first-order valence-corrected chi connectivity index (χ1v) is 5.97. The molecule has 0 saturated carbocycles. The van der Waals surface area contributed by atoms with E-state index >= 15 is 0 Å². The quantitative estimate of drug-likeness (QED) is 0.858. The Balaban J connectivity index is 2.35. The number of benzene rings is 1. The van der Waals surface area contributed by atoms with E-state index in [1.165, 1.54) is 0 Å². The molecule has 16 heavy (non-hydrogen) atoms. The number of amides is 1. The molecule has 0 fully saturated rings. The van der Waals surface area contributed by atoms with Gasteiger partial charge in [0.1, 0.15) is 4.75 Å². The van der Waals surface area contributed by atoms with Crippen LogP contribution >= 0.6 is 11.8 Å². The van der Waals surface area contributed by atoms with Crippen LogP contribution in [-0.4, -0.2) is 24.4 Å². The normalized spacial score (nSPS) is 23.8. The number of thioether (sulfide) groups is 1. The Kier molecular flexibility index (Phi) is 2.95. The fraction of sp³-hybridized carbons (Fsp3) is 0.417. The largest absolute Gasteiger partial charge is 0.383 e. The molecule has 1 heterocycles. The van der Waals surface area contributed by atoms with Crippen molar-refractivity contribution in [2.24, 2.45) is 0 Å². The molecule has 0 aromatic heterocycles. The first kappa shape index (κ1) is 11.5. The predicted molar refractivity (Wildman–Crippen MR) is 65.9 cm³/mol. The number of ether oxygens (including phenoxy) is 1. The number of aryl methyl sites for hydroxylation is 1. The highest BCUT2D eigenvalue weighted by atomic mass is 32.2. The van der Waals surface area contributed by atoms with Crippen molar-refractivity contribution in [3.8, 4) is 0 Å². The maximum atomic E-state index is 12.0. The number of anilines is 1. The highest BCUT2D eigenvalue weighted by Crippen LogP contribution is 2.42. The Morgan fingerprint density at radius 1 is 1.50 bits per heavy atom. The van der Waals surface area contributed by atoms with Crippen LogP contribution in [-0.2, 0) is 9.53 Å². The average molecular weight is 237 g/mol. The van der Waals surface area contributed by atoms with Crippen LogP contribution < -0.4 is 5.32 Å². The van der Waals surface area contributed by atoms with Gasteiger partial charge in [0, 0.05) is 12.0 Å². The summed E-state index contributed by atoms with van der Waals surface area (Å²) in [6.07, 6.45) is 0. The van der Waals surface area contributed by atoms with Gasteiger partial charge in [-0.2, -0.15) is 0 Å². The number of nitrogens with one attached hydrogen (secondary N) is 1. The molecule has 0 spiro atoms. The van der Waals surface area contributed by atoms with Gasteiger partial charge in [0.25, 0.3) is 0 Å². The maximum Gasteiger partial charge on any atom is 0.243 e. The van der Waals surface area contributed by atoms with Crippen molar-refractivity contribution in [1.29, 1.82) is 0 Å². The molecule has 1 unspecified atom stereocenters. The summed E-state index contributed by atoms with van der Waals surface area (Å²) in [6.45, 7) is 4.33. The Labute approximate surface area is 99.6 Å². The second kappa shape index (κ2) is 4.11. The average Bonchev–Trinajstić information content (AvgIpc) is 2.21. The molecule has 3 nitrogen and oxygen atoms in total. The van der Waals surface area contributed by atoms with E-state index in [1.54, 1.807) is 18.9 Å². The van der Waals surface area contributed by atoms with E-state index in [0.29, 0.717) is 6.61 Å². The standard InChI is InChI=1S/C12H15NO2S/c1-8-4-5-10-9(6-8)13-11(14)12(2,16-10)7-15-3/h4-6H,7H2,1-3H3,(H,13,14). The van der Waals surface area contributed by atoms with Crippen molar-refractivity contribution in [3.63, 3.8) is 0 Å². The van der Waals surface area contributed by atoms with Gasteiger partial charge in [0.15, 0.2) is 0 Å². The molecule has 1 atom stereocenters. The second-order valence-electron chi connectivity index (χ2n) is 4.22. The Bertz CT molecular complexity index is 433. The van der Waals surface area contributed by atoms with Crippen molar-refractivity contribution in [2.75, 3.05) is 19.0 Å². The molecule has 1 amide bonds. The number of hydrogen-bond donors (Lipinski definition) is 1. The van der Waals surface area contributed by atoms with Crippen LogP contribution in [0.15, 0.2) is 23.1 Å². The minimum atomic E-state index is -0.531. The van der Waals surface area contributed by atoms with Gasteiger partial charge in [-0.3, -0.25) is 4.79 Å². The third-order valence-corrected chi connectivity index (χ3v) is 3.95. The van der Waals surface area contributed by atoms with Crippen LogP contribution in [0, 0.1) is 6.92 Å².